The smallest absolute Gasteiger partial charge is 0.268 e. The lowest BCUT2D eigenvalue weighted by atomic mass is 10.0. The molecule has 0 atom stereocenters. The summed E-state index contributed by atoms with van der Waals surface area (Å²) in [5.41, 5.74) is -0.273. The first-order valence-electron chi connectivity index (χ1n) is 6.57. The Morgan fingerprint density at radius 2 is 1.74 bits per heavy atom. The normalized spacial score (nSPS) is 14.4. The number of carbonyl (C=O) groups excluding carboxylic acids is 2. The molecule has 0 saturated heterocycles. The molecular weight excluding hydrogens is 331 g/mol. The monoisotopic (exact) mass is 339 g/mol. The number of benzene rings is 2. The van der Waals surface area contributed by atoms with Crippen LogP contribution in [0.15, 0.2) is 36.4 Å². The molecule has 7 heteroatoms. The van der Waals surface area contributed by atoms with Crippen molar-refractivity contribution in [3.63, 3.8) is 0 Å². The Balaban J connectivity index is 2.13. The third kappa shape index (κ3) is 2.39. The molecule has 0 radical (unpaired) electrons. The van der Waals surface area contributed by atoms with E-state index in [-0.39, 0.29) is 16.8 Å². The molecule has 0 N–H and O–H groups in total. The number of rotatable bonds is 1. The Labute approximate surface area is 134 Å². The van der Waals surface area contributed by atoms with Crippen molar-refractivity contribution in [1.29, 1.82) is 0 Å². The van der Waals surface area contributed by atoms with Gasteiger partial charge in [0.25, 0.3) is 11.8 Å². The molecule has 3 rings (SSSR count). The summed E-state index contributed by atoms with van der Waals surface area (Å²) in [6, 6.07) is 7.70. The Kier molecular flexibility index (Phi) is 3.44. The van der Waals surface area contributed by atoms with E-state index in [0.717, 1.165) is 11.0 Å². The van der Waals surface area contributed by atoms with E-state index in [9.17, 15) is 22.8 Å². The van der Waals surface area contributed by atoms with E-state index in [1.807, 2.05) is 0 Å². The summed E-state index contributed by atoms with van der Waals surface area (Å²) in [6.07, 6.45) is -4.68. The number of fused-ring (bicyclic) bond motifs is 1. The number of hydrogen-bond donors (Lipinski definition) is 0. The fraction of sp³-hybridized carbons (Fsp3) is 0.125. The molecule has 0 aliphatic carbocycles. The summed E-state index contributed by atoms with van der Waals surface area (Å²) in [7, 11) is 0. The average molecular weight is 340 g/mol. The molecule has 3 nitrogen and oxygen atoms in total. The number of imide groups is 1. The van der Waals surface area contributed by atoms with Crippen LogP contribution in [0.25, 0.3) is 0 Å². The third-order valence-corrected chi connectivity index (χ3v) is 3.97. The largest absolute Gasteiger partial charge is 0.417 e. The lowest BCUT2D eigenvalue weighted by Gasteiger charge is -2.17. The minimum atomic E-state index is -4.68. The van der Waals surface area contributed by atoms with Gasteiger partial charge in [0.2, 0.25) is 0 Å². The topological polar surface area (TPSA) is 37.4 Å². The van der Waals surface area contributed by atoms with Crippen LogP contribution in [0.5, 0.6) is 0 Å². The van der Waals surface area contributed by atoms with Crippen LogP contribution < -0.4 is 4.90 Å². The number of hydrogen-bond acceptors (Lipinski definition) is 2. The van der Waals surface area contributed by atoms with Crippen LogP contribution >= 0.6 is 11.6 Å². The zero-order valence-electron chi connectivity index (χ0n) is 11.7. The summed E-state index contributed by atoms with van der Waals surface area (Å²) < 4.78 is 38.9. The quantitative estimate of drug-likeness (QED) is 0.719. The highest BCUT2D eigenvalue weighted by Crippen LogP contribution is 2.38. The van der Waals surface area contributed by atoms with Gasteiger partial charge in [0.05, 0.1) is 27.4 Å². The second-order valence-corrected chi connectivity index (χ2v) is 5.51. The van der Waals surface area contributed by atoms with Crippen LogP contribution in [0, 0.1) is 6.92 Å². The van der Waals surface area contributed by atoms with E-state index in [2.05, 4.69) is 0 Å². The predicted octanol–water partition coefficient (Wildman–Crippen LogP) is 4.47. The molecule has 0 unspecified atom stereocenters. The van der Waals surface area contributed by atoms with Crippen LogP contribution in [-0.2, 0) is 6.18 Å². The van der Waals surface area contributed by atoms with Crippen LogP contribution in [0.1, 0.15) is 31.8 Å². The summed E-state index contributed by atoms with van der Waals surface area (Å²) in [4.78, 5) is 25.6. The van der Waals surface area contributed by atoms with Crippen molar-refractivity contribution >= 4 is 29.1 Å². The fourth-order valence-electron chi connectivity index (χ4n) is 2.56. The summed E-state index contributed by atoms with van der Waals surface area (Å²) in [6.45, 7) is 1.66. The van der Waals surface area contributed by atoms with Crippen molar-refractivity contribution in [2.45, 2.75) is 13.1 Å². The van der Waals surface area contributed by atoms with Gasteiger partial charge in [-0.1, -0.05) is 23.7 Å². The Morgan fingerprint density at radius 3 is 2.35 bits per heavy atom. The van der Waals surface area contributed by atoms with Crippen molar-refractivity contribution in [3.8, 4) is 0 Å². The van der Waals surface area contributed by atoms with Crippen molar-refractivity contribution in [3.05, 3.63) is 63.7 Å². The predicted molar refractivity (Wildman–Crippen MR) is 78.8 cm³/mol. The lowest BCUT2D eigenvalue weighted by Crippen LogP contribution is -2.29. The van der Waals surface area contributed by atoms with E-state index in [4.69, 9.17) is 11.6 Å². The van der Waals surface area contributed by atoms with Gasteiger partial charge in [-0.25, -0.2) is 4.90 Å². The third-order valence-electron chi connectivity index (χ3n) is 3.64. The highest BCUT2D eigenvalue weighted by molar-refractivity contribution is 6.35. The number of amides is 2. The maximum absolute atomic E-state index is 13.0. The zero-order chi connectivity index (χ0) is 16.9. The summed E-state index contributed by atoms with van der Waals surface area (Å²) in [5, 5.41) is -0.492. The molecule has 1 aliphatic heterocycles. The molecular formula is C16H9ClF3NO2. The Bertz CT molecular complexity index is 846. The molecule has 2 amide bonds. The van der Waals surface area contributed by atoms with E-state index in [0.29, 0.717) is 11.6 Å². The standard InChI is InChI=1S/C16H9ClF3NO2/c1-8-3-2-4-10-13(8)15(23)21(14(10)22)9-5-6-12(17)11(7-9)16(18,19)20/h2-7H,1H3. The average Bonchev–Trinajstić information content (AvgIpc) is 2.72. The molecule has 118 valence electrons. The molecule has 0 bridgehead atoms. The first kappa shape index (κ1) is 15.6. The number of carbonyl (C=O) groups is 2. The van der Waals surface area contributed by atoms with Gasteiger partial charge in [0, 0.05) is 0 Å². The second kappa shape index (κ2) is 5.09. The van der Waals surface area contributed by atoms with E-state index in [1.54, 1.807) is 19.1 Å². The fourth-order valence-corrected chi connectivity index (χ4v) is 2.78. The van der Waals surface area contributed by atoms with Crippen molar-refractivity contribution in [2.75, 3.05) is 4.90 Å². The minimum absolute atomic E-state index is 0.160. The SMILES string of the molecule is Cc1cccc2c1C(=O)N(c1ccc(Cl)c(C(F)(F)F)c1)C2=O. The van der Waals surface area contributed by atoms with Crippen LogP contribution in [0.4, 0.5) is 18.9 Å². The van der Waals surface area contributed by atoms with E-state index >= 15 is 0 Å². The maximum atomic E-state index is 13.0. The molecule has 2 aromatic rings. The van der Waals surface area contributed by atoms with Crippen molar-refractivity contribution in [2.24, 2.45) is 0 Å². The number of anilines is 1. The van der Waals surface area contributed by atoms with Crippen LogP contribution in [0.3, 0.4) is 0 Å². The second-order valence-electron chi connectivity index (χ2n) is 5.11. The molecule has 23 heavy (non-hydrogen) atoms. The number of halogens is 4. The molecule has 1 heterocycles. The van der Waals surface area contributed by atoms with Gasteiger partial charge in [-0.2, -0.15) is 13.2 Å². The van der Waals surface area contributed by atoms with Crippen molar-refractivity contribution < 1.29 is 22.8 Å². The number of alkyl halides is 3. The lowest BCUT2D eigenvalue weighted by molar-refractivity contribution is -0.137. The van der Waals surface area contributed by atoms with E-state index in [1.165, 1.54) is 12.1 Å². The maximum Gasteiger partial charge on any atom is 0.417 e. The van der Waals surface area contributed by atoms with Crippen molar-refractivity contribution in [1.82, 2.24) is 0 Å². The van der Waals surface area contributed by atoms with Gasteiger partial charge in [-0.05, 0) is 36.8 Å². The van der Waals surface area contributed by atoms with Crippen LogP contribution in [0.2, 0.25) is 5.02 Å². The molecule has 0 spiro atoms. The Hall–Kier alpha value is -2.34. The highest BCUT2D eigenvalue weighted by atomic mass is 35.5. The molecule has 1 aliphatic rings. The number of nitrogens with zero attached hydrogens (tertiary/aromatic N) is 1. The summed E-state index contributed by atoms with van der Waals surface area (Å²) in [5.74, 6) is -1.29. The zero-order valence-corrected chi connectivity index (χ0v) is 12.5. The molecule has 2 aromatic carbocycles. The van der Waals surface area contributed by atoms with E-state index < -0.39 is 28.6 Å². The minimum Gasteiger partial charge on any atom is -0.268 e. The van der Waals surface area contributed by atoms with Gasteiger partial charge >= 0.3 is 6.18 Å². The summed E-state index contributed by atoms with van der Waals surface area (Å²) >= 11 is 5.57. The van der Waals surface area contributed by atoms with Gasteiger partial charge in [0.1, 0.15) is 0 Å². The highest BCUT2D eigenvalue weighted by Gasteiger charge is 2.39. The molecule has 0 saturated carbocycles. The van der Waals surface area contributed by atoms with Gasteiger partial charge in [-0.3, -0.25) is 9.59 Å². The number of aryl methyl sites for hydroxylation is 1. The molecule has 0 aromatic heterocycles. The first-order valence-corrected chi connectivity index (χ1v) is 6.95. The van der Waals surface area contributed by atoms with Crippen LogP contribution in [-0.4, -0.2) is 11.8 Å². The first-order chi connectivity index (χ1) is 10.7. The van der Waals surface area contributed by atoms with Gasteiger partial charge in [-0.15, -0.1) is 0 Å². The Morgan fingerprint density at radius 1 is 1.04 bits per heavy atom. The van der Waals surface area contributed by atoms with Gasteiger partial charge < -0.3 is 0 Å². The molecule has 0 fully saturated rings. The van der Waals surface area contributed by atoms with Gasteiger partial charge in [0.15, 0.2) is 0 Å².